The largest absolute Gasteiger partial charge is 1.00 e. The molecule has 1 aliphatic rings. The molecule has 0 saturated carbocycles. The molecule has 2 nitrogen and oxygen atoms in total. The molecule has 0 bridgehead atoms. The zero-order valence-corrected chi connectivity index (χ0v) is 14.8. The van der Waals surface area contributed by atoms with Gasteiger partial charge in [-0.05, 0) is 25.0 Å². The van der Waals surface area contributed by atoms with Crippen molar-refractivity contribution in [2.24, 2.45) is 0 Å². The first-order valence-electron chi connectivity index (χ1n) is 8.13. The first-order valence-corrected chi connectivity index (χ1v) is 8.13. The van der Waals surface area contributed by atoms with Gasteiger partial charge >= 0.3 is 0 Å². The van der Waals surface area contributed by atoms with Crippen molar-refractivity contribution < 1.29 is 17.0 Å². The summed E-state index contributed by atoms with van der Waals surface area (Å²) < 4.78 is 2.43. The van der Waals surface area contributed by atoms with Crippen LogP contribution in [-0.4, -0.2) is 28.9 Å². The van der Waals surface area contributed by atoms with E-state index < -0.39 is 0 Å². The van der Waals surface area contributed by atoms with E-state index in [9.17, 15) is 0 Å². The molecule has 0 radical (unpaired) electrons. The Hall–Kier alpha value is -1.80. The van der Waals surface area contributed by atoms with Crippen LogP contribution >= 0.6 is 0 Å². The number of halogens is 1. The van der Waals surface area contributed by atoms with E-state index in [1.54, 1.807) is 0 Å². The summed E-state index contributed by atoms with van der Waals surface area (Å²) in [7, 11) is 0. The van der Waals surface area contributed by atoms with Crippen LogP contribution in [0.3, 0.4) is 0 Å². The van der Waals surface area contributed by atoms with Gasteiger partial charge in [0, 0.05) is 6.42 Å². The molecule has 0 amide bonds. The number of hydrogen-bond acceptors (Lipinski definition) is 1. The van der Waals surface area contributed by atoms with Gasteiger partial charge in [0.25, 0.3) is 0 Å². The van der Waals surface area contributed by atoms with Crippen LogP contribution in [0.1, 0.15) is 28.7 Å². The Morgan fingerprint density at radius 3 is 2.04 bits per heavy atom. The fraction of sp³-hybridized carbons (Fsp3) is 0.350. The summed E-state index contributed by atoms with van der Waals surface area (Å²) in [5, 5.41) is 0. The lowest BCUT2D eigenvalue weighted by molar-refractivity contribution is -0.549. The zero-order chi connectivity index (χ0) is 15.4. The summed E-state index contributed by atoms with van der Waals surface area (Å²) in [6.07, 6.45) is 3.54. The molecule has 0 aliphatic carbocycles. The molecule has 23 heavy (non-hydrogen) atoms. The average molecular weight is 329 g/mol. The number of hydrogen-bond donors (Lipinski definition) is 0. The van der Waals surface area contributed by atoms with Gasteiger partial charge in [0.1, 0.15) is 13.1 Å². The fourth-order valence-corrected chi connectivity index (χ4v) is 2.92. The lowest BCUT2D eigenvalue weighted by atomic mass is 10.1. The highest BCUT2D eigenvalue weighted by molar-refractivity contribution is 5.50. The smallest absolute Gasteiger partial charge is 0.234 e. The molecule has 0 spiro atoms. The molecular formula is C20H25ClN2. The molecule has 0 saturated heterocycles. The summed E-state index contributed by atoms with van der Waals surface area (Å²) in [4.78, 5) is 2.43. The van der Waals surface area contributed by atoms with Crippen molar-refractivity contribution in [3.05, 3.63) is 70.8 Å². The SMILES string of the molecule is Cc1ccc(CN2C=[N+](Cc3ccc(C)cc3)CCC2)cc1.[Cl-]. The van der Waals surface area contributed by atoms with Gasteiger partial charge < -0.3 is 12.4 Å². The van der Waals surface area contributed by atoms with Gasteiger partial charge in [-0.1, -0.05) is 59.7 Å². The number of nitrogens with zero attached hydrogens (tertiary/aromatic N) is 2. The van der Waals surface area contributed by atoms with Crippen LogP contribution < -0.4 is 12.4 Å². The normalized spacial score (nSPS) is 14.2. The maximum Gasteiger partial charge on any atom is 0.234 e. The second kappa shape index (κ2) is 8.16. The fourth-order valence-electron chi connectivity index (χ4n) is 2.92. The van der Waals surface area contributed by atoms with E-state index >= 15 is 0 Å². The maximum atomic E-state index is 2.43. The molecular weight excluding hydrogens is 304 g/mol. The molecule has 1 aliphatic heterocycles. The van der Waals surface area contributed by atoms with Gasteiger partial charge in [-0.3, -0.25) is 9.48 Å². The van der Waals surface area contributed by atoms with Crippen LogP contribution in [0.2, 0.25) is 0 Å². The molecule has 0 aromatic heterocycles. The highest BCUT2D eigenvalue weighted by atomic mass is 35.5. The topological polar surface area (TPSA) is 6.25 Å². The second-order valence-electron chi connectivity index (χ2n) is 6.38. The van der Waals surface area contributed by atoms with Crippen molar-refractivity contribution in [1.29, 1.82) is 0 Å². The summed E-state index contributed by atoms with van der Waals surface area (Å²) in [6, 6.07) is 17.7. The maximum absolute atomic E-state index is 2.43. The number of rotatable bonds is 4. The van der Waals surface area contributed by atoms with E-state index in [1.807, 2.05) is 0 Å². The lowest BCUT2D eigenvalue weighted by Crippen LogP contribution is -3.00. The number of aryl methyl sites for hydroxylation is 2. The third kappa shape index (κ3) is 5.11. The van der Waals surface area contributed by atoms with E-state index in [-0.39, 0.29) is 12.4 Å². The standard InChI is InChI=1S/C20H25N2.ClH/c1-17-4-8-19(9-5-17)14-21-12-3-13-22(16-21)15-20-10-6-18(2)7-11-20;/h4-11,16H,3,12-15H2,1-2H3;1H/q+1;/p-1. The van der Waals surface area contributed by atoms with E-state index in [2.05, 4.69) is 78.2 Å². The molecule has 0 unspecified atom stereocenters. The zero-order valence-electron chi connectivity index (χ0n) is 14.0. The highest BCUT2D eigenvalue weighted by Crippen LogP contribution is 2.10. The van der Waals surface area contributed by atoms with Gasteiger partial charge in [-0.2, -0.15) is 0 Å². The van der Waals surface area contributed by atoms with Crippen LogP contribution in [0.15, 0.2) is 48.5 Å². The molecule has 0 N–H and O–H groups in total. The predicted octanol–water partition coefficient (Wildman–Crippen LogP) is 0.754. The van der Waals surface area contributed by atoms with Crippen molar-refractivity contribution in [2.45, 2.75) is 33.4 Å². The Balaban J connectivity index is 0.00000192. The molecule has 2 aromatic rings. The Morgan fingerprint density at radius 1 is 0.870 bits per heavy atom. The third-order valence-electron chi connectivity index (χ3n) is 4.23. The van der Waals surface area contributed by atoms with Gasteiger partial charge in [0.05, 0.1) is 13.1 Å². The minimum Gasteiger partial charge on any atom is -1.00 e. The first-order chi connectivity index (χ1) is 10.7. The molecule has 0 atom stereocenters. The van der Waals surface area contributed by atoms with Crippen molar-refractivity contribution in [2.75, 3.05) is 13.1 Å². The minimum absolute atomic E-state index is 0. The van der Waals surface area contributed by atoms with E-state index in [4.69, 9.17) is 0 Å². The van der Waals surface area contributed by atoms with Gasteiger partial charge in [0.15, 0.2) is 0 Å². The van der Waals surface area contributed by atoms with Crippen LogP contribution in [-0.2, 0) is 13.1 Å². The minimum atomic E-state index is 0. The van der Waals surface area contributed by atoms with E-state index in [0.29, 0.717) is 0 Å². The van der Waals surface area contributed by atoms with Crippen molar-refractivity contribution in [3.8, 4) is 0 Å². The van der Waals surface area contributed by atoms with E-state index in [0.717, 1.165) is 26.2 Å². The second-order valence-corrected chi connectivity index (χ2v) is 6.38. The van der Waals surface area contributed by atoms with Gasteiger partial charge in [-0.25, -0.2) is 0 Å². The highest BCUT2D eigenvalue weighted by Gasteiger charge is 2.16. The molecule has 1 heterocycles. The van der Waals surface area contributed by atoms with Gasteiger partial charge in [-0.15, -0.1) is 0 Å². The summed E-state index contributed by atoms with van der Waals surface area (Å²) in [5.74, 6) is 0. The Labute approximate surface area is 145 Å². The molecule has 3 rings (SSSR count). The average Bonchev–Trinajstić information content (AvgIpc) is 2.52. The Kier molecular flexibility index (Phi) is 6.23. The monoisotopic (exact) mass is 328 g/mol. The quantitative estimate of drug-likeness (QED) is 0.751. The van der Waals surface area contributed by atoms with Crippen LogP contribution in [0.25, 0.3) is 0 Å². The van der Waals surface area contributed by atoms with E-state index in [1.165, 1.54) is 28.7 Å². The Bertz CT molecular complexity index is 644. The lowest BCUT2D eigenvalue weighted by Gasteiger charge is -2.21. The molecule has 3 heteroatoms. The first kappa shape index (κ1) is 17.6. The summed E-state index contributed by atoms with van der Waals surface area (Å²) in [6.45, 7) is 8.59. The summed E-state index contributed by atoms with van der Waals surface area (Å²) in [5.41, 5.74) is 5.43. The summed E-state index contributed by atoms with van der Waals surface area (Å²) >= 11 is 0. The van der Waals surface area contributed by atoms with Crippen LogP contribution in [0.4, 0.5) is 0 Å². The molecule has 2 aromatic carbocycles. The van der Waals surface area contributed by atoms with Gasteiger partial charge in [0.2, 0.25) is 6.34 Å². The number of benzene rings is 2. The molecule has 0 fully saturated rings. The predicted molar refractivity (Wildman–Crippen MR) is 92.3 cm³/mol. The van der Waals surface area contributed by atoms with Crippen molar-refractivity contribution in [3.63, 3.8) is 0 Å². The van der Waals surface area contributed by atoms with Crippen molar-refractivity contribution in [1.82, 2.24) is 4.90 Å². The molecule has 122 valence electrons. The van der Waals surface area contributed by atoms with Crippen molar-refractivity contribution >= 4 is 6.34 Å². The van der Waals surface area contributed by atoms with Crippen LogP contribution in [0, 0.1) is 13.8 Å². The Morgan fingerprint density at radius 2 is 1.43 bits per heavy atom. The van der Waals surface area contributed by atoms with Crippen LogP contribution in [0.5, 0.6) is 0 Å². The third-order valence-corrected chi connectivity index (χ3v) is 4.23.